The quantitative estimate of drug-likeness (QED) is 0.668. The second-order valence-corrected chi connectivity index (χ2v) is 8.79. The number of ether oxygens (including phenoxy) is 2. The van der Waals surface area contributed by atoms with Crippen molar-refractivity contribution in [3.63, 3.8) is 0 Å². The summed E-state index contributed by atoms with van der Waals surface area (Å²) in [6.45, 7) is 5.44. The Morgan fingerprint density at radius 2 is 1.97 bits per heavy atom. The van der Waals surface area contributed by atoms with Gasteiger partial charge in [-0.3, -0.25) is 4.79 Å². The summed E-state index contributed by atoms with van der Waals surface area (Å²) >= 11 is 0. The van der Waals surface area contributed by atoms with Crippen LogP contribution in [-0.2, 0) is 20.8 Å². The number of pyridine rings is 1. The van der Waals surface area contributed by atoms with Gasteiger partial charge in [0.2, 0.25) is 0 Å². The fourth-order valence-corrected chi connectivity index (χ4v) is 4.05. The third-order valence-electron chi connectivity index (χ3n) is 5.42. The number of methoxy groups -OCH3 is 1. The average Bonchev–Trinajstić information content (AvgIpc) is 3.34. The van der Waals surface area contributed by atoms with Gasteiger partial charge in [-0.1, -0.05) is 12.8 Å². The van der Waals surface area contributed by atoms with Crippen LogP contribution in [0.5, 0.6) is 0 Å². The van der Waals surface area contributed by atoms with Crippen molar-refractivity contribution in [3.8, 4) is 0 Å². The molecule has 1 atom stereocenters. The lowest BCUT2D eigenvalue weighted by Crippen LogP contribution is -2.41. The minimum absolute atomic E-state index is 0.0706. The summed E-state index contributed by atoms with van der Waals surface area (Å²) in [4.78, 5) is 41.2. The molecular formula is C22H29N3O6. The van der Waals surface area contributed by atoms with E-state index in [0.717, 1.165) is 25.7 Å². The number of fused-ring (bicyclic) bond motifs is 1. The molecule has 1 unspecified atom stereocenters. The number of aromatic nitrogens is 2. The van der Waals surface area contributed by atoms with Crippen molar-refractivity contribution >= 4 is 29.1 Å². The molecule has 0 aliphatic heterocycles. The predicted molar refractivity (Wildman–Crippen MR) is 113 cm³/mol. The third-order valence-corrected chi connectivity index (χ3v) is 5.42. The van der Waals surface area contributed by atoms with Crippen LogP contribution in [0, 0.1) is 5.92 Å². The Morgan fingerprint density at radius 1 is 1.29 bits per heavy atom. The molecule has 0 radical (unpaired) electrons. The highest BCUT2D eigenvalue weighted by molar-refractivity contribution is 6.06. The van der Waals surface area contributed by atoms with E-state index in [2.05, 4.69) is 10.3 Å². The maximum absolute atomic E-state index is 12.7. The molecule has 0 aromatic carbocycles. The smallest absolute Gasteiger partial charge is 0.420 e. The van der Waals surface area contributed by atoms with E-state index in [9.17, 15) is 19.5 Å². The number of rotatable bonds is 6. The molecule has 3 rings (SSSR count). The molecule has 2 aromatic heterocycles. The van der Waals surface area contributed by atoms with Crippen LogP contribution in [0.25, 0.3) is 11.0 Å². The van der Waals surface area contributed by atoms with Gasteiger partial charge in [0, 0.05) is 24.3 Å². The van der Waals surface area contributed by atoms with E-state index in [0.29, 0.717) is 10.9 Å². The lowest BCUT2D eigenvalue weighted by molar-refractivity contribution is -0.141. The molecular weight excluding hydrogens is 402 g/mol. The van der Waals surface area contributed by atoms with Gasteiger partial charge in [-0.15, -0.1) is 0 Å². The molecule has 0 bridgehead atoms. The molecule has 0 saturated heterocycles. The summed E-state index contributed by atoms with van der Waals surface area (Å²) in [6, 6.07) is 1.02. The Balaban J connectivity index is 1.99. The van der Waals surface area contributed by atoms with Gasteiger partial charge in [0.05, 0.1) is 12.7 Å². The summed E-state index contributed by atoms with van der Waals surface area (Å²) in [6.07, 6.45) is 6.01. The fraction of sp³-hybridized carbons (Fsp3) is 0.545. The van der Waals surface area contributed by atoms with Crippen molar-refractivity contribution in [2.45, 2.75) is 64.6 Å². The summed E-state index contributed by atoms with van der Waals surface area (Å²) in [5, 5.41) is 13.2. The van der Waals surface area contributed by atoms with Gasteiger partial charge in [-0.25, -0.2) is 19.1 Å². The second-order valence-electron chi connectivity index (χ2n) is 8.79. The standard InChI is InChI=1S/C22H29N3O6/c1-22(2,3)31-21(29)25-12-15(20(28)30-4)16-14(9-10-23-18(16)25)11-24-17(19(26)27)13-7-5-6-8-13/h9-10,12-13,17,24H,5-8,11H2,1-4H3,(H,26,27). The first kappa shape index (κ1) is 22.7. The van der Waals surface area contributed by atoms with Crippen LogP contribution in [0.2, 0.25) is 0 Å². The number of nitrogens with one attached hydrogen (secondary N) is 1. The number of hydrogen-bond donors (Lipinski definition) is 2. The van der Waals surface area contributed by atoms with Gasteiger partial charge in [0.15, 0.2) is 5.65 Å². The van der Waals surface area contributed by atoms with Crippen LogP contribution in [0.15, 0.2) is 18.5 Å². The molecule has 0 amide bonds. The first-order valence-electron chi connectivity index (χ1n) is 10.4. The highest BCUT2D eigenvalue weighted by atomic mass is 16.6. The van der Waals surface area contributed by atoms with Gasteiger partial charge in [0.1, 0.15) is 11.6 Å². The number of carbonyl (C=O) groups excluding carboxylic acids is 2. The van der Waals surface area contributed by atoms with Crippen LogP contribution in [0.3, 0.4) is 0 Å². The highest BCUT2D eigenvalue weighted by Gasteiger charge is 2.31. The van der Waals surface area contributed by atoms with Crippen molar-refractivity contribution in [2.24, 2.45) is 5.92 Å². The zero-order valence-electron chi connectivity index (χ0n) is 18.3. The van der Waals surface area contributed by atoms with Crippen molar-refractivity contribution in [3.05, 3.63) is 29.6 Å². The maximum atomic E-state index is 12.7. The molecule has 31 heavy (non-hydrogen) atoms. The van der Waals surface area contributed by atoms with Gasteiger partial charge in [0.25, 0.3) is 0 Å². The topological polar surface area (TPSA) is 120 Å². The molecule has 168 valence electrons. The molecule has 1 saturated carbocycles. The third kappa shape index (κ3) is 5.04. The normalized spacial score (nSPS) is 15.7. The summed E-state index contributed by atoms with van der Waals surface area (Å²) in [5.74, 6) is -1.44. The number of carboxylic acid groups (broad SMARTS) is 1. The molecule has 1 fully saturated rings. The number of hydrogen-bond acceptors (Lipinski definition) is 7. The van der Waals surface area contributed by atoms with Gasteiger partial charge in [-0.2, -0.15) is 0 Å². The average molecular weight is 431 g/mol. The van der Waals surface area contributed by atoms with Crippen molar-refractivity contribution in [1.29, 1.82) is 0 Å². The summed E-state index contributed by atoms with van der Waals surface area (Å²) in [5.41, 5.74) is 0.341. The van der Waals surface area contributed by atoms with Gasteiger partial charge < -0.3 is 19.9 Å². The number of carboxylic acids is 1. The predicted octanol–water partition coefficient (Wildman–Crippen LogP) is 3.34. The SMILES string of the molecule is COC(=O)c1cn(C(=O)OC(C)(C)C)c2nccc(CNC(C(=O)O)C3CCCC3)c12. The molecule has 0 spiro atoms. The molecule has 1 aliphatic rings. The molecule has 2 N–H and O–H groups in total. The van der Waals surface area contributed by atoms with Gasteiger partial charge in [-0.05, 0) is 51.2 Å². The Bertz CT molecular complexity index is 985. The number of nitrogens with zero attached hydrogens (tertiary/aromatic N) is 2. The molecule has 9 nitrogen and oxygen atoms in total. The van der Waals surface area contributed by atoms with Crippen LogP contribution in [0.4, 0.5) is 4.79 Å². The Morgan fingerprint density at radius 3 is 2.55 bits per heavy atom. The molecule has 2 aromatic rings. The summed E-state index contributed by atoms with van der Waals surface area (Å²) < 4.78 is 11.5. The lowest BCUT2D eigenvalue weighted by atomic mass is 9.97. The van der Waals surface area contributed by atoms with Crippen molar-refractivity contribution < 1.29 is 29.0 Å². The van der Waals surface area contributed by atoms with E-state index in [1.165, 1.54) is 24.1 Å². The molecule has 9 heteroatoms. The van der Waals surface area contributed by atoms with E-state index < -0.39 is 29.7 Å². The van der Waals surface area contributed by atoms with E-state index in [4.69, 9.17) is 9.47 Å². The van der Waals surface area contributed by atoms with E-state index in [1.54, 1.807) is 26.8 Å². The second kappa shape index (κ2) is 9.05. The first-order chi connectivity index (χ1) is 14.6. The first-order valence-corrected chi connectivity index (χ1v) is 10.4. The minimum Gasteiger partial charge on any atom is -0.480 e. The molecule has 1 aliphatic carbocycles. The maximum Gasteiger partial charge on any atom is 0.420 e. The van der Waals surface area contributed by atoms with E-state index >= 15 is 0 Å². The van der Waals surface area contributed by atoms with Crippen molar-refractivity contribution in [2.75, 3.05) is 7.11 Å². The number of esters is 1. The van der Waals surface area contributed by atoms with E-state index in [1.807, 2.05) is 0 Å². The van der Waals surface area contributed by atoms with E-state index in [-0.39, 0.29) is 23.7 Å². The lowest BCUT2D eigenvalue weighted by Gasteiger charge is -2.21. The highest BCUT2D eigenvalue weighted by Crippen LogP contribution is 2.29. The van der Waals surface area contributed by atoms with Gasteiger partial charge >= 0.3 is 18.0 Å². The summed E-state index contributed by atoms with van der Waals surface area (Å²) in [7, 11) is 1.26. The van der Waals surface area contributed by atoms with Crippen LogP contribution in [-0.4, -0.2) is 51.4 Å². The fourth-order valence-electron chi connectivity index (χ4n) is 4.05. The molecule has 2 heterocycles. The Hall–Kier alpha value is -2.94. The largest absolute Gasteiger partial charge is 0.480 e. The number of carbonyl (C=O) groups is 3. The van der Waals surface area contributed by atoms with Crippen LogP contribution >= 0.6 is 0 Å². The Kier molecular flexibility index (Phi) is 6.64. The van der Waals surface area contributed by atoms with Crippen molar-refractivity contribution in [1.82, 2.24) is 14.9 Å². The van der Waals surface area contributed by atoms with Crippen LogP contribution < -0.4 is 5.32 Å². The monoisotopic (exact) mass is 431 g/mol. The zero-order valence-corrected chi connectivity index (χ0v) is 18.3. The minimum atomic E-state index is -0.892. The van der Waals surface area contributed by atoms with Crippen LogP contribution in [0.1, 0.15) is 62.4 Å². The number of aliphatic carboxylic acids is 1. The Labute approximate surface area is 180 Å². The zero-order chi connectivity index (χ0) is 22.8.